The predicted molar refractivity (Wildman–Crippen MR) is 64.0 cm³/mol. The average molecular weight is 243 g/mol. The van der Waals surface area contributed by atoms with Crippen LogP contribution in [0.1, 0.15) is 19.4 Å². The average Bonchev–Trinajstić information content (AvgIpc) is 2.24. The molecule has 17 heavy (non-hydrogen) atoms. The van der Waals surface area contributed by atoms with Gasteiger partial charge in [0, 0.05) is 18.7 Å². The second-order valence-electron chi connectivity index (χ2n) is 3.90. The first-order chi connectivity index (χ1) is 8.15. The molecule has 1 rings (SSSR count). The number of nitrogens with one attached hydrogen (secondary N) is 1. The maximum atomic E-state index is 13.0. The van der Waals surface area contributed by atoms with Crippen LogP contribution in [0.4, 0.5) is 8.78 Å². The molecule has 0 saturated heterocycles. The van der Waals surface area contributed by atoms with Gasteiger partial charge in [-0.1, -0.05) is 6.92 Å². The Morgan fingerprint density at radius 2 is 1.82 bits per heavy atom. The molecular weight excluding hydrogens is 224 g/mol. The van der Waals surface area contributed by atoms with Gasteiger partial charge in [-0.05, 0) is 37.6 Å². The lowest BCUT2D eigenvalue weighted by molar-refractivity contribution is 0.123. The van der Waals surface area contributed by atoms with E-state index in [0.717, 1.165) is 12.6 Å². The fourth-order valence-electron chi connectivity index (χ4n) is 1.75. The normalized spacial score (nSPS) is 12.7. The Labute approximate surface area is 101 Å². The van der Waals surface area contributed by atoms with E-state index < -0.39 is 11.6 Å². The molecule has 0 aromatic heterocycles. The van der Waals surface area contributed by atoms with E-state index in [-0.39, 0.29) is 6.04 Å². The molecule has 0 aliphatic rings. The van der Waals surface area contributed by atoms with Gasteiger partial charge >= 0.3 is 0 Å². The maximum Gasteiger partial charge on any atom is 0.126 e. The van der Waals surface area contributed by atoms with Gasteiger partial charge in [0.2, 0.25) is 0 Å². The highest BCUT2D eigenvalue weighted by Crippen LogP contribution is 2.10. The van der Waals surface area contributed by atoms with Crippen molar-refractivity contribution >= 4 is 0 Å². The zero-order valence-corrected chi connectivity index (χ0v) is 10.3. The topological polar surface area (TPSA) is 21.3 Å². The number of hydrogen-bond donors (Lipinski definition) is 1. The number of hydrogen-bond acceptors (Lipinski definition) is 2. The van der Waals surface area contributed by atoms with Crippen LogP contribution in [0.5, 0.6) is 0 Å². The molecule has 0 saturated carbocycles. The quantitative estimate of drug-likeness (QED) is 0.794. The van der Waals surface area contributed by atoms with E-state index in [9.17, 15) is 8.78 Å². The standard InChI is InChI=1S/C13H19F2NO/c1-3-16-13(9-17-4-2)7-10-5-11(14)8-12(15)6-10/h5-6,8,13,16H,3-4,7,9H2,1-2H3. The minimum absolute atomic E-state index is 0.0844. The SMILES string of the molecule is CCNC(COCC)Cc1cc(F)cc(F)c1. The van der Waals surface area contributed by atoms with Crippen LogP contribution in [0.15, 0.2) is 18.2 Å². The molecule has 1 aromatic rings. The zero-order chi connectivity index (χ0) is 12.7. The van der Waals surface area contributed by atoms with Gasteiger partial charge in [-0.15, -0.1) is 0 Å². The molecule has 1 unspecified atom stereocenters. The fourth-order valence-corrected chi connectivity index (χ4v) is 1.75. The van der Waals surface area contributed by atoms with Gasteiger partial charge in [0.15, 0.2) is 0 Å². The maximum absolute atomic E-state index is 13.0. The molecule has 1 atom stereocenters. The summed E-state index contributed by atoms with van der Waals surface area (Å²) in [4.78, 5) is 0. The van der Waals surface area contributed by atoms with Crippen molar-refractivity contribution in [3.05, 3.63) is 35.4 Å². The Balaban J connectivity index is 2.63. The van der Waals surface area contributed by atoms with Crippen molar-refractivity contribution in [2.45, 2.75) is 26.3 Å². The van der Waals surface area contributed by atoms with Crippen LogP contribution >= 0.6 is 0 Å². The largest absolute Gasteiger partial charge is 0.380 e. The second-order valence-corrected chi connectivity index (χ2v) is 3.90. The summed E-state index contributed by atoms with van der Waals surface area (Å²) in [6.07, 6.45) is 0.558. The molecule has 96 valence electrons. The van der Waals surface area contributed by atoms with Crippen LogP contribution < -0.4 is 5.32 Å². The molecule has 0 amide bonds. The third-order valence-corrected chi connectivity index (χ3v) is 2.42. The molecular formula is C13H19F2NO. The first-order valence-electron chi connectivity index (χ1n) is 5.91. The number of benzene rings is 1. The number of likely N-dealkylation sites (N-methyl/N-ethyl adjacent to an activating group) is 1. The summed E-state index contributed by atoms with van der Waals surface area (Å²) in [7, 11) is 0. The van der Waals surface area contributed by atoms with Crippen molar-refractivity contribution in [2.75, 3.05) is 19.8 Å². The molecule has 0 aliphatic carbocycles. The van der Waals surface area contributed by atoms with E-state index in [0.29, 0.717) is 25.2 Å². The summed E-state index contributed by atoms with van der Waals surface area (Å²) in [5.74, 6) is -1.07. The molecule has 1 N–H and O–H groups in total. The van der Waals surface area contributed by atoms with Gasteiger partial charge in [0.05, 0.1) is 6.61 Å². The Bertz CT molecular complexity index is 324. The van der Waals surface area contributed by atoms with Crippen LogP contribution in [0.2, 0.25) is 0 Å². The van der Waals surface area contributed by atoms with Gasteiger partial charge in [-0.2, -0.15) is 0 Å². The van der Waals surface area contributed by atoms with E-state index in [1.54, 1.807) is 0 Å². The van der Waals surface area contributed by atoms with Crippen molar-refractivity contribution in [3.8, 4) is 0 Å². The highest BCUT2D eigenvalue weighted by atomic mass is 19.1. The van der Waals surface area contributed by atoms with Crippen molar-refractivity contribution in [2.24, 2.45) is 0 Å². The first kappa shape index (κ1) is 14.1. The van der Waals surface area contributed by atoms with Gasteiger partial charge in [-0.3, -0.25) is 0 Å². The van der Waals surface area contributed by atoms with Crippen LogP contribution in [0.3, 0.4) is 0 Å². The van der Waals surface area contributed by atoms with E-state index in [4.69, 9.17) is 4.74 Å². The summed E-state index contributed by atoms with van der Waals surface area (Å²) in [6, 6.07) is 3.69. The first-order valence-corrected chi connectivity index (χ1v) is 5.91. The number of rotatable bonds is 7. The van der Waals surface area contributed by atoms with Gasteiger partial charge in [0.25, 0.3) is 0 Å². The minimum atomic E-state index is -0.536. The summed E-state index contributed by atoms with van der Waals surface area (Å²) in [5.41, 5.74) is 0.646. The highest BCUT2D eigenvalue weighted by molar-refractivity contribution is 5.19. The van der Waals surface area contributed by atoms with Crippen LogP contribution in [-0.2, 0) is 11.2 Å². The predicted octanol–water partition coefficient (Wildman–Crippen LogP) is 2.52. The van der Waals surface area contributed by atoms with Crippen molar-refractivity contribution in [1.82, 2.24) is 5.32 Å². The monoisotopic (exact) mass is 243 g/mol. The molecule has 2 nitrogen and oxygen atoms in total. The van der Waals surface area contributed by atoms with Crippen molar-refractivity contribution in [3.63, 3.8) is 0 Å². The Morgan fingerprint density at radius 1 is 1.18 bits per heavy atom. The molecule has 0 aliphatic heterocycles. The molecule has 0 heterocycles. The molecule has 1 aromatic carbocycles. The van der Waals surface area contributed by atoms with Crippen LogP contribution in [-0.4, -0.2) is 25.8 Å². The lowest BCUT2D eigenvalue weighted by Gasteiger charge is -2.17. The summed E-state index contributed by atoms with van der Waals surface area (Å²) in [5, 5.41) is 3.23. The smallest absolute Gasteiger partial charge is 0.126 e. The third-order valence-electron chi connectivity index (χ3n) is 2.42. The molecule has 4 heteroatoms. The minimum Gasteiger partial charge on any atom is -0.380 e. The number of ether oxygens (including phenoxy) is 1. The van der Waals surface area contributed by atoms with Crippen molar-refractivity contribution in [1.29, 1.82) is 0 Å². The molecule has 0 fully saturated rings. The van der Waals surface area contributed by atoms with Gasteiger partial charge in [0.1, 0.15) is 11.6 Å². The van der Waals surface area contributed by atoms with E-state index in [2.05, 4.69) is 5.32 Å². The highest BCUT2D eigenvalue weighted by Gasteiger charge is 2.10. The lowest BCUT2D eigenvalue weighted by atomic mass is 10.1. The lowest BCUT2D eigenvalue weighted by Crippen LogP contribution is -2.35. The number of halogens is 2. The zero-order valence-electron chi connectivity index (χ0n) is 10.3. The van der Waals surface area contributed by atoms with E-state index in [1.165, 1.54) is 12.1 Å². The fraction of sp³-hybridized carbons (Fsp3) is 0.538. The molecule has 0 spiro atoms. The third kappa shape index (κ3) is 5.24. The van der Waals surface area contributed by atoms with Gasteiger partial charge < -0.3 is 10.1 Å². The van der Waals surface area contributed by atoms with Gasteiger partial charge in [-0.25, -0.2) is 8.78 Å². The van der Waals surface area contributed by atoms with E-state index in [1.807, 2.05) is 13.8 Å². The Morgan fingerprint density at radius 3 is 2.35 bits per heavy atom. The second kappa shape index (κ2) is 7.35. The molecule has 0 bridgehead atoms. The Hall–Kier alpha value is -1.00. The van der Waals surface area contributed by atoms with E-state index >= 15 is 0 Å². The summed E-state index contributed by atoms with van der Waals surface area (Å²) < 4.78 is 31.4. The van der Waals surface area contributed by atoms with Crippen LogP contribution in [0.25, 0.3) is 0 Å². The Kier molecular flexibility index (Phi) is 6.08. The summed E-state index contributed by atoms with van der Waals surface area (Å²) in [6.45, 7) is 5.90. The molecule has 0 radical (unpaired) electrons. The summed E-state index contributed by atoms with van der Waals surface area (Å²) >= 11 is 0. The van der Waals surface area contributed by atoms with Crippen molar-refractivity contribution < 1.29 is 13.5 Å². The van der Waals surface area contributed by atoms with Crippen LogP contribution in [0, 0.1) is 11.6 Å².